The number of anilines is 1. The van der Waals surface area contributed by atoms with Gasteiger partial charge in [-0.2, -0.15) is 0 Å². The van der Waals surface area contributed by atoms with E-state index in [1.165, 1.54) is 12.4 Å². The third kappa shape index (κ3) is 5.07. The van der Waals surface area contributed by atoms with E-state index in [-0.39, 0.29) is 5.91 Å². The number of oxazole rings is 1. The van der Waals surface area contributed by atoms with E-state index in [4.69, 9.17) is 9.40 Å². The second kappa shape index (κ2) is 10.0. The lowest BCUT2D eigenvalue weighted by Crippen LogP contribution is -2.43. The summed E-state index contributed by atoms with van der Waals surface area (Å²) in [4.78, 5) is 31.5. The maximum absolute atomic E-state index is 12.1. The van der Waals surface area contributed by atoms with Crippen molar-refractivity contribution < 1.29 is 9.21 Å². The highest BCUT2D eigenvalue weighted by Gasteiger charge is 2.22. The molecule has 1 aliphatic heterocycles. The maximum Gasteiger partial charge on any atom is 0.271 e. The molecule has 4 heterocycles. The highest BCUT2D eigenvalue weighted by molar-refractivity contribution is 5.91. The van der Waals surface area contributed by atoms with Crippen molar-refractivity contribution in [2.45, 2.75) is 32.4 Å². The Labute approximate surface area is 197 Å². The average molecular weight is 461 g/mol. The third-order valence-electron chi connectivity index (χ3n) is 6.07. The first-order valence-electron chi connectivity index (χ1n) is 11.6. The number of aromatic nitrogens is 5. The zero-order valence-electron chi connectivity index (χ0n) is 19.1. The molecule has 0 spiro atoms. The SMILES string of the molecule is Cc1ncc(Cn2c(NC3CCN(CCNC(=O)c4cnccn4)CC3)nc3ccccc32)o1. The number of likely N-dealkylation sites (tertiary alicyclic amines) is 1. The lowest BCUT2D eigenvalue weighted by atomic mass is 10.1. The lowest BCUT2D eigenvalue weighted by molar-refractivity contribution is 0.0940. The standard InChI is InChI=1S/C24H28N8O2/c1-17-28-14-19(34-17)16-32-22-5-3-2-4-20(22)30-24(32)29-18-6-11-31(12-7-18)13-10-27-23(33)21-15-25-8-9-26-21/h2-5,8-9,14-15,18H,6-7,10-13,16H2,1H3,(H,27,33)(H,29,30). The number of carbonyl (C=O) groups excluding carboxylic acids is 1. The first kappa shape index (κ1) is 22.0. The number of nitrogens with one attached hydrogen (secondary N) is 2. The monoisotopic (exact) mass is 460 g/mol. The number of hydrogen-bond donors (Lipinski definition) is 2. The van der Waals surface area contributed by atoms with Gasteiger partial charge in [-0.05, 0) is 25.0 Å². The molecule has 1 aliphatic rings. The summed E-state index contributed by atoms with van der Waals surface area (Å²) in [6, 6.07) is 8.47. The van der Waals surface area contributed by atoms with Gasteiger partial charge in [0.2, 0.25) is 5.95 Å². The van der Waals surface area contributed by atoms with Crippen LogP contribution >= 0.6 is 0 Å². The molecule has 1 amide bonds. The Morgan fingerprint density at radius 1 is 1.15 bits per heavy atom. The quantitative estimate of drug-likeness (QED) is 0.412. The van der Waals surface area contributed by atoms with E-state index in [0.717, 1.165) is 55.2 Å². The summed E-state index contributed by atoms with van der Waals surface area (Å²) >= 11 is 0. The minimum absolute atomic E-state index is 0.189. The molecule has 1 fully saturated rings. The number of piperidine rings is 1. The van der Waals surface area contributed by atoms with Gasteiger partial charge < -0.3 is 24.5 Å². The molecule has 10 heteroatoms. The summed E-state index contributed by atoms with van der Waals surface area (Å²) in [6.45, 7) is 5.74. The van der Waals surface area contributed by atoms with Crippen LogP contribution in [-0.4, -0.2) is 67.5 Å². The van der Waals surface area contributed by atoms with Crippen LogP contribution < -0.4 is 10.6 Å². The summed E-state index contributed by atoms with van der Waals surface area (Å²) in [5.41, 5.74) is 2.36. The van der Waals surface area contributed by atoms with Crippen LogP contribution in [0, 0.1) is 6.92 Å². The number of nitrogens with zero attached hydrogens (tertiary/aromatic N) is 6. The highest BCUT2D eigenvalue weighted by Crippen LogP contribution is 2.24. The van der Waals surface area contributed by atoms with Crippen molar-refractivity contribution in [3.05, 3.63) is 66.4 Å². The second-order valence-corrected chi connectivity index (χ2v) is 8.46. The minimum Gasteiger partial charge on any atom is -0.444 e. The van der Waals surface area contributed by atoms with Crippen LogP contribution in [0.1, 0.15) is 35.0 Å². The van der Waals surface area contributed by atoms with Crippen LogP contribution in [0.15, 0.2) is 53.5 Å². The summed E-state index contributed by atoms with van der Waals surface area (Å²) in [7, 11) is 0. The fourth-order valence-corrected chi connectivity index (χ4v) is 4.30. The van der Waals surface area contributed by atoms with Crippen LogP contribution in [0.2, 0.25) is 0 Å². The van der Waals surface area contributed by atoms with Gasteiger partial charge in [0.1, 0.15) is 11.5 Å². The Kier molecular flexibility index (Phi) is 6.48. The molecule has 0 unspecified atom stereocenters. The van der Waals surface area contributed by atoms with Gasteiger partial charge in [-0.15, -0.1) is 0 Å². The first-order chi connectivity index (χ1) is 16.7. The van der Waals surface area contributed by atoms with E-state index < -0.39 is 0 Å². The van der Waals surface area contributed by atoms with Gasteiger partial charge in [-0.1, -0.05) is 12.1 Å². The number of benzene rings is 1. The predicted octanol–water partition coefficient (Wildman–Crippen LogP) is 2.48. The summed E-state index contributed by atoms with van der Waals surface area (Å²) in [5.74, 6) is 2.13. The molecule has 3 aromatic heterocycles. The Morgan fingerprint density at radius 2 is 2.00 bits per heavy atom. The van der Waals surface area contributed by atoms with Gasteiger partial charge in [0, 0.05) is 51.5 Å². The van der Waals surface area contributed by atoms with Crippen LogP contribution in [0.4, 0.5) is 5.95 Å². The lowest BCUT2D eigenvalue weighted by Gasteiger charge is -2.32. The van der Waals surface area contributed by atoms with Crippen LogP contribution in [0.3, 0.4) is 0 Å². The molecule has 0 atom stereocenters. The highest BCUT2D eigenvalue weighted by atomic mass is 16.4. The number of para-hydroxylation sites is 2. The van der Waals surface area contributed by atoms with E-state index in [1.807, 2.05) is 25.1 Å². The Bertz CT molecular complexity index is 1240. The molecule has 4 aromatic rings. The number of imidazole rings is 1. The topological polar surface area (TPSA) is 114 Å². The summed E-state index contributed by atoms with van der Waals surface area (Å²) < 4.78 is 7.87. The summed E-state index contributed by atoms with van der Waals surface area (Å²) in [5, 5.41) is 6.58. The van der Waals surface area contributed by atoms with E-state index in [1.54, 1.807) is 12.4 Å². The Morgan fingerprint density at radius 3 is 2.76 bits per heavy atom. The van der Waals surface area contributed by atoms with Crippen molar-refractivity contribution in [1.82, 2.24) is 34.7 Å². The number of amides is 1. The molecule has 10 nitrogen and oxygen atoms in total. The smallest absolute Gasteiger partial charge is 0.271 e. The molecular formula is C24H28N8O2. The van der Waals surface area contributed by atoms with Crippen LogP contribution in [0.25, 0.3) is 11.0 Å². The molecule has 34 heavy (non-hydrogen) atoms. The second-order valence-electron chi connectivity index (χ2n) is 8.46. The number of rotatable bonds is 8. The van der Waals surface area contributed by atoms with Crippen molar-refractivity contribution >= 4 is 22.9 Å². The minimum atomic E-state index is -0.189. The average Bonchev–Trinajstić information content (AvgIpc) is 3.43. The molecule has 176 valence electrons. The largest absolute Gasteiger partial charge is 0.444 e. The maximum atomic E-state index is 12.1. The van der Waals surface area contributed by atoms with Gasteiger partial charge in [0.15, 0.2) is 5.89 Å². The van der Waals surface area contributed by atoms with Crippen molar-refractivity contribution in [2.24, 2.45) is 0 Å². The number of hydrogen-bond acceptors (Lipinski definition) is 8. The molecule has 5 rings (SSSR count). The summed E-state index contributed by atoms with van der Waals surface area (Å²) in [6.07, 6.45) is 8.33. The van der Waals surface area contributed by atoms with Gasteiger partial charge in [0.25, 0.3) is 5.91 Å². The molecule has 0 radical (unpaired) electrons. The number of fused-ring (bicyclic) bond motifs is 1. The number of aryl methyl sites for hydroxylation is 1. The first-order valence-corrected chi connectivity index (χ1v) is 11.6. The van der Waals surface area contributed by atoms with Crippen molar-refractivity contribution in [2.75, 3.05) is 31.5 Å². The van der Waals surface area contributed by atoms with Gasteiger partial charge >= 0.3 is 0 Å². The zero-order valence-corrected chi connectivity index (χ0v) is 19.1. The number of carbonyl (C=O) groups is 1. The van der Waals surface area contributed by atoms with Crippen LogP contribution in [-0.2, 0) is 6.54 Å². The normalized spacial score (nSPS) is 15.0. The van der Waals surface area contributed by atoms with E-state index in [2.05, 4.69) is 41.1 Å². The molecule has 1 aromatic carbocycles. The fourth-order valence-electron chi connectivity index (χ4n) is 4.30. The molecular weight excluding hydrogens is 432 g/mol. The predicted molar refractivity (Wildman–Crippen MR) is 128 cm³/mol. The van der Waals surface area contributed by atoms with Crippen LogP contribution in [0.5, 0.6) is 0 Å². The van der Waals surface area contributed by atoms with Gasteiger partial charge in [-0.25, -0.2) is 15.0 Å². The van der Waals surface area contributed by atoms with Crippen molar-refractivity contribution in [3.63, 3.8) is 0 Å². The van der Waals surface area contributed by atoms with E-state index >= 15 is 0 Å². The molecule has 0 saturated carbocycles. The van der Waals surface area contributed by atoms with E-state index in [9.17, 15) is 4.79 Å². The Hall–Kier alpha value is -3.79. The molecule has 0 bridgehead atoms. The van der Waals surface area contributed by atoms with Crippen molar-refractivity contribution in [1.29, 1.82) is 0 Å². The molecule has 2 N–H and O–H groups in total. The third-order valence-corrected chi connectivity index (χ3v) is 6.07. The van der Waals surface area contributed by atoms with Gasteiger partial charge in [0.05, 0.1) is 30.0 Å². The molecule has 1 saturated heterocycles. The Balaban J connectivity index is 1.16. The zero-order chi connectivity index (χ0) is 23.3. The van der Waals surface area contributed by atoms with E-state index in [0.29, 0.717) is 30.7 Å². The fraction of sp³-hybridized carbons (Fsp3) is 0.375. The van der Waals surface area contributed by atoms with Gasteiger partial charge in [-0.3, -0.25) is 9.78 Å². The molecule has 0 aliphatic carbocycles. The van der Waals surface area contributed by atoms with Crippen molar-refractivity contribution in [3.8, 4) is 0 Å².